The third kappa shape index (κ3) is 3.38. The molecule has 0 atom stereocenters. The molecule has 3 aromatic rings. The first-order chi connectivity index (χ1) is 13.2. The number of carbonyl (C=O) groups excluding carboxylic acids is 1. The van der Waals surface area contributed by atoms with Crippen LogP contribution in [-0.2, 0) is 14.1 Å². The topological polar surface area (TPSA) is 118 Å². The Morgan fingerprint density at radius 1 is 1.14 bits per heavy atom. The number of aromatic nitrogens is 5. The molecule has 28 heavy (non-hydrogen) atoms. The first-order valence-electron chi connectivity index (χ1n) is 8.43. The first-order valence-corrected chi connectivity index (χ1v) is 9.41. The van der Waals surface area contributed by atoms with Gasteiger partial charge < -0.3 is 5.73 Å². The molecule has 9 nitrogen and oxygen atoms in total. The predicted octanol–water partition coefficient (Wildman–Crippen LogP) is 0.839. The lowest BCUT2D eigenvalue weighted by Gasteiger charge is -2.11. The van der Waals surface area contributed by atoms with Crippen LogP contribution in [-0.4, -0.2) is 35.4 Å². The van der Waals surface area contributed by atoms with Gasteiger partial charge in [-0.05, 0) is 31.5 Å². The summed E-state index contributed by atoms with van der Waals surface area (Å²) in [7, 11) is 2.73. The minimum atomic E-state index is -0.706. The van der Waals surface area contributed by atoms with Gasteiger partial charge in [-0.15, -0.1) is 10.2 Å². The fourth-order valence-corrected chi connectivity index (χ4v) is 3.69. The van der Waals surface area contributed by atoms with Gasteiger partial charge in [0.25, 0.3) is 5.56 Å². The average molecular weight is 400 g/mol. The Kier molecular flexibility index (Phi) is 5.23. The molecule has 0 spiro atoms. The maximum Gasteiger partial charge on any atom is 0.332 e. The van der Waals surface area contributed by atoms with Crippen LogP contribution >= 0.6 is 11.8 Å². The highest BCUT2D eigenvalue weighted by Crippen LogP contribution is 2.23. The van der Waals surface area contributed by atoms with Crippen molar-refractivity contribution in [3.05, 3.63) is 62.1 Å². The van der Waals surface area contributed by atoms with Gasteiger partial charge in [0.2, 0.25) is 0 Å². The van der Waals surface area contributed by atoms with Gasteiger partial charge in [-0.3, -0.25) is 23.3 Å². The average Bonchev–Trinajstić information content (AvgIpc) is 3.03. The summed E-state index contributed by atoms with van der Waals surface area (Å²) in [6.07, 6.45) is 0. The number of aryl methyl sites for hydroxylation is 2. The maximum absolute atomic E-state index is 12.7. The van der Waals surface area contributed by atoms with Crippen LogP contribution in [0.2, 0.25) is 0 Å². The summed E-state index contributed by atoms with van der Waals surface area (Å²) in [5.41, 5.74) is 6.33. The highest BCUT2D eigenvalue weighted by molar-refractivity contribution is 7.99. The van der Waals surface area contributed by atoms with Crippen molar-refractivity contribution in [1.82, 2.24) is 23.9 Å². The molecule has 0 saturated carbocycles. The third-order valence-electron chi connectivity index (χ3n) is 4.38. The molecule has 1 aromatic carbocycles. The van der Waals surface area contributed by atoms with E-state index in [1.54, 1.807) is 0 Å². The molecular weight excluding hydrogens is 380 g/mol. The second-order valence-electron chi connectivity index (χ2n) is 6.38. The molecule has 0 saturated heterocycles. The molecule has 146 valence electrons. The zero-order valence-electron chi connectivity index (χ0n) is 16.0. The van der Waals surface area contributed by atoms with Gasteiger partial charge in [0.1, 0.15) is 17.2 Å². The van der Waals surface area contributed by atoms with E-state index in [4.69, 9.17) is 5.73 Å². The van der Waals surface area contributed by atoms with E-state index in [2.05, 4.69) is 10.2 Å². The number of nitrogens with two attached hydrogens (primary N) is 1. The Balaban J connectivity index is 1.92. The smallest absolute Gasteiger partial charge is 0.332 e. The van der Waals surface area contributed by atoms with Crippen LogP contribution in [0.5, 0.6) is 0 Å². The van der Waals surface area contributed by atoms with Gasteiger partial charge in [0.05, 0.1) is 5.75 Å². The zero-order chi connectivity index (χ0) is 20.6. The molecule has 0 fully saturated rings. The second kappa shape index (κ2) is 7.47. The lowest BCUT2D eigenvalue weighted by Crippen LogP contribution is -2.41. The van der Waals surface area contributed by atoms with Crippen LogP contribution in [0.3, 0.4) is 0 Å². The van der Waals surface area contributed by atoms with Crippen LogP contribution in [0.1, 0.15) is 21.7 Å². The normalized spacial score (nSPS) is 11.0. The van der Waals surface area contributed by atoms with Gasteiger partial charge >= 0.3 is 5.69 Å². The standard InChI is InChI=1S/C18H20N6O3S/c1-10-6-5-7-12(8-10)24-11(2)20-21-17(24)28-9-13(25)14-15(19)22(3)18(27)23(4)16(14)26/h5-8H,9,19H2,1-4H3. The van der Waals surface area contributed by atoms with Crippen molar-refractivity contribution >= 4 is 23.4 Å². The molecule has 2 heterocycles. The molecule has 0 bridgehead atoms. The Hall–Kier alpha value is -3.14. The monoisotopic (exact) mass is 400 g/mol. The number of rotatable bonds is 5. The van der Waals surface area contributed by atoms with Crippen LogP contribution in [0.25, 0.3) is 5.69 Å². The van der Waals surface area contributed by atoms with E-state index >= 15 is 0 Å². The van der Waals surface area contributed by atoms with Crippen molar-refractivity contribution in [3.8, 4) is 5.69 Å². The molecule has 3 rings (SSSR count). The van der Waals surface area contributed by atoms with Gasteiger partial charge in [0, 0.05) is 19.8 Å². The van der Waals surface area contributed by atoms with E-state index < -0.39 is 17.0 Å². The number of Topliss-reactive ketones (excluding diaryl/α,β-unsaturated/α-hetero) is 1. The van der Waals surface area contributed by atoms with Crippen LogP contribution in [0.15, 0.2) is 39.0 Å². The highest BCUT2D eigenvalue weighted by atomic mass is 32.2. The minimum absolute atomic E-state index is 0.0679. The Labute approximate surface area is 164 Å². The molecule has 0 amide bonds. The summed E-state index contributed by atoms with van der Waals surface area (Å²) < 4.78 is 3.79. The summed E-state index contributed by atoms with van der Waals surface area (Å²) in [4.78, 5) is 37.0. The van der Waals surface area contributed by atoms with Gasteiger partial charge in [-0.1, -0.05) is 23.9 Å². The molecule has 2 N–H and O–H groups in total. The van der Waals surface area contributed by atoms with Crippen molar-refractivity contribution in [2.24, 2.45) is 14.1 Å². The number of benzene rings is 1. The fraction of sp³-hybridized carbons (Fsp3) is 0.278. The summed E-state index contributed by atoms with van der Waals surface area (Å²) in [6.45, 7) is 3.81. The zero-order valence-corrected chi connectivity index (χ0v) is 16.8. The molecule has 0 aliphatic heterocycles. The number of hydrogen-bond acceptors (Lipinski definition) is 7. The van der Waals surface area contributed by atoms with Gasteiger partial charge in [-0.2, -0.15) is 0 Å². The van der Waals surface area contributed by atoms with E-state index in [0.29, 0.717) is 11.0 Å². The van der Waals surface area contributed by atoms with Gasteiger partial charge in [-0.25, -0.2) is 4.79 Å². The number of carbonyl (C=O) groups is 1. The molecule has 0 unspecified atom stereocenters. The molecule has 0 aliphatic carbocycles. The number of anilines is 1. The SMILES string of the molecule is Cc1cccc(-n2c(C)nnc2SCC(=O)c2c(N)n(C)c(=O)n(C)c2=O)c1. The van der Waals surface area contributed by atoms with E-state index in [1.165, 1.54) is 14.1 Å². The number of nitrogen functional groups attached to an aromatic ring is 1. The van der Waals surface area contributed by atoms with Crippen molar-refractivity contribution in [2.75, 3.05) is 11.5 Å². The number of hydrogen-bond donors (Lipinski definition) is 1. The summed E-state index contributed by atoms with van der Waals surface area (Å²) >= 11 is 1.15. The van der Waals surface area contributed by atoms with Crippen molar-refractivity contribution in [1.29, 1.82) is 0 Å². The Morgan fingerprint density at radius 3 is 2.54 bits per heavy atom. The largest absolute Gasteiger partial charge is 0.384 e. The first kappa shape index (κ1) is 19.6. The third-order valence-corrected chi connectivity index (χ3v) is 5.31. The quantitative estimate of drug-likeness (QED) is 0.498. The minimum Gasteiger partial charge on any atom is -0.384 e. The Morgan fingerprint density at radius 2 is 1.86 bits per heavy atom. The highest BCUT2D eigenvalue weighted by Gasteiger charge is 2.21. The van der Waals surface area contributed by atoms with Crippen molar-refractivity contribution < 1.29 is 4.79 Å². The Bertz CT molecular complexity index is 1190. The molecule has 0 radical (unpaired) electrons. The van der Waals surface area contributed by atoms with E-state index in [1.807, 2.05) is 42.7 Å². The molecular formula is C18H20N6O3S. The summed E-state index contributed by atoms with van der Waals surface area (Å²) in [5.74, 6) is -0.00929. The van der Waals surface area contributed by atoms with Crippen LogP contribution in [0, 0.1) is 13.8 Å². The van der Waals surface area contributed by atoms with Gasteiger partial charge in [0.15, 0.2) is 10.9 Å². The van der Waals surface area contributed by atoms with E-state index in [9.17, 15) is 14.4 Å². The number of ketones is 1. The second-order valence-corrected chi connectivity index (χ2v) is 7.32. The van der Waals surface area contributed by atoms with Crippen molar-refractivity contribution in [3.63, 3.8) is 0 Å². The number of nitrogens with zero attached hydrogens (tertiary/aromatic N) is 5. The molecule has 10 heteroatoms. The lowest BCUT2D eigenvalue weighted by molar-refractivity contribution is 0.102. The summed E-state index contributed by atoms with van der Waals surface area (Å²) in [5, 5.41) is 8.75. The van der Waals surface area contributed by atoms with Crippen LogP contribution in [0.4, 0.5) is 5.82 Å². The molecule has 2 aromatic heterocycles. The van der Waals surface area contributed by atoms with Crippen LogP contribution < -0.4 is 17.0 Å². The van der Waals surface area contributed by atoms with E-state index in [-0.39, 0.29) is 17.1 Å². The maximum atomic E-state index is 12.7. The fourth-order valence-electron chi connectivity index (χ4n) is 2.82. The summed E-state index contributed by atoms with van der Waals surface area (Å²) in [6, 6.07) is 7.83. The van der Waals surface area contributed by atoms with E-state index in [0.717, 1.165) is 32.1 Å². The van der Waals surface area contributed by atoms with Crippen molar-refractivity contribution in [2.45, 2.75) is 19.0 Å². The number of thioether (sulfide) groups is 1. The molecule has 0 aliphatic rings. The predicted molar refractivity (Wildman–Crippen MR) is 107 cm³/mol. The lowest BCUT2D eigenvalue weighted by atomic mass is 10.2.